The highest BCUT2D eigenvalue weighted by Crippen LogP contribution is 2.29. The molecule has 220 valence electrons. The molecule has 3 aromatic rings. The topological polar surface area (TPSA) is 86.8 Å². The van der Waals surface area contributed by atoms with Gasteiger partial charge < -0.3 is 10.2 Å². The molecule has 0 aromatic heterocycles. The molecule has 0 saturated heterocycles. The Hall–Kier alpha value is -3.07. The van der Waals surface area contributed by atoms with Crippen LogP contribution in [0.2, 0.25) is 10.0 Å². The molecule has 1 unspecified atom stereocenters. The van der Waals surface area contributed by atoms with Crippen molar-refractivity contribution in [1.82, 2.24) is 10.2 Å². The summed E-state index contributed by atoms with van der Waals surface area (Å²) in [5.41, 5.74) is 1.85. The van der Waals surface area contributed by atoms with E-state index >= 15 is 0 Å². The summed E-state index contributed by atoms with van der Waals surface area (Å²) in [6.45, 7) is 5.72. The van der Waals surface area contributed by atoms with Gasteiger partial charge in [0.15, 0.2) is 0 Å². The van der Waals surface area contributed by atoms with Crippen LogP contribution >= 0.6 is 23.2 Å². The highest BCUT2D eigenvalue weighted by molar-refractivity contribution is 7.92. The van der Waals surface area contributed by atoms with Crippen LogP contribution in [0.25, 0.3) is 0 Å². The lowest BCUT2D eigenvalue weighted by molar-refractivity contribution is -0.140. The normalized spacial score (nSPS) is 12.0. The molecule has 3 rings (SSSR count). The predicted octanol–water partition coefficient (Wildman–Crippen LogP) is 6.47. The van der Waals surface area contributed by atoms with Crippen molar-refractivity contribution < 1.29 is 18.0 Å². The van der Waals surface area contributed by atoms with Crippen LogP contribution in [-0.4, -0.2) is 44.3 Å². The molecule has 7 nitrogen and oxygen atoms in total. The van der Waals surface area contributed by atoms with Gasteiger partial charge in [0.05, 0.1) is 10.6 Å². The fraction of sp³-hybridized carbons (Fsp3) is 0.355. The van der Waals surface area contributed by atoms with Crippen LogP contribution in [0.5, 0.6) is 0 Å². The quantitative estimate of drug-likeness (QED) is 0.210. The summed E-state index contributed by atoms with van der Waals surface area (Å²) in [6.07, 6.45) is 2.78. The third-order valence-electron chi connectivity index (χ3n) is 6.85. The summed E-state index contributed by atoms with van der Waals surface area (Å²) >= 11 is 12.9. The van der Waals surface area contributed by atoms with Crippen LogP contribution in [0.1, 0.15) is 51.2 Å². The number of nitrogens with zero attached hydrogens (tertiary/aromatic N) is 2. The van der Waals surface area contributed by atoms with Crippen molar-refractivity contribution in [3.05, 3.63) is 94.0 Å². The van der Waals surface area contributed by atoms with Crippen LogP contribution in [0, 0.1) is 0 Å². The van der Waals surface area contributed by atoms with E-state index in [1.165, 1.54) is 17.0 Å². The van der Waals surface area contributed by atoms with Gasteiger partial charge >= 0.3 is 0 Å². The average Bonchev–Trinajstić information content (AvgIpc) is 2.97. The molecule has 0 aliphatic heterocycles. The van der Waals surface area contributed by atoms with E-state index < -0.39 is 28.5 Å². The summed E-state index contributed by atoms with van der Waals surface area (Å²) in [7, 11) is -4.13. The van der Waals surface area contributed by atoms with Crippen molar-refractivity contribution in [2.24, 2.45) is 0 Å². The Balaban J connectivity index is 2.06. The minimum absolute atomic E-state index is 0.0532. The van der Waals surface area contributed by atoms with E-state index in [0.717, 1.165) is 29.1 Å². The minimum atomic E-state index is -4.13. The van der Waals surface area contributed by atoms with Gasteiger partial charge in [0.25, 0.3) is 10.0 Å². The lowest BCUT2D eigenvalue weighted by Gasteiger charge is -2.33. The number of halogens is 2. The van der Waals surface area contributed by atoms with Crippen molar-refractivity contribution in [2.75, 3.05) is 17.4 Å². The van der Waals surface area contributed by atoms with Gasteiger partial charge in [-0.1, -0.05) is 86.8 Å². The number of sulfonamides is 1. The van der Waals surface area contributed by atoms with Crippen molar-refractivity contribution in [3.63, 3.8) is 0 Å². The SMILES string of the molecule is CCCCNC(=O)C(CC)N(Cc1c(Cl)cccc1Cl)C(=O)CN(c1ccc(CC)cc1)S(=O)(=O)c1ccccc1. The molecule has 2 amide bonds. The predicted molar refractivity (Wildman–Crippen MR) is 166 cm³/mol. The van der Waals surface area contributed by atoms with E-state index in [4.69, 9.17) is 23.2 Å². The Morgan fingerprint density at radius 2 is 1.51 bits per heavy atom. The number of carbonyl (C=O) groups is 2. The third kappa shape index (κ3) is 8.24. The number of rotatable bonds is 14. The van der Waals surface area contributed by atoms with Gasteiger partial charge in [-0.3, -0.25) is 13.9 Å². The molecule has 10 heteroatoms. The summed E-state index contributed by atoms with van der Waals surface area (Å²) in [4.78, 5) is 28.9. The zero-order valence-electron chi connectivity index (χ0n) is 23.6. The molecule has 0 fully saturated rings. The molecule has 0 saturated carbocycles. The zero-order chi connectivity index (χ0) is 30.0. The summed E-state index contributed by atoms with van der Waals surface area (Å²) in [5.74, 6) is -0.875. The number of anilines is 1. The Bertz CT molecular complexity index is 1400. The first-order chi connectivity index (χ1) is 19.6. The van der Waals surface area contributed by atoms with E-state index in [9.17, 15) is 18.0 Å². The third-order valence-corrected chi connectivity index (χ3v) is 9.34. The first kappa shape index (κ1) is 32.4. The first-order valence-corrected chi connectivity index (χ1v) is 16.0. The van der Waals surface area contributed by atoms with E-state index in [2.05, 4.69) is 5.32 Å². The largest absolute Gasteiger partial charge is 0.354 e. The summed E-state index contributed by atoms with van der Waals surface area (Å²) in [5, 5.41) is 3.60. The van der Waals surface area contributed by atoms with E-state index in [1.54, 1.807) is 55.5 Å². The van der Waals surface area contributed by atoms with Crippen molar-refractivity contribution >= 4 is 50.7 Å². The standard InChI is InChI=1S/C31H37Cl2N3O4S/c1-4-7-20-34-31(38)29(6-3)35(21-26-27(32)14-11-15-28(26)33)30(37)22-36(24-18-16-23(5-2)17-19-24)41(39,40)25-12-9-8-10-13-25/h8-19,29H,4-7,20-22H2,1-3H3,(H,34,38). The molecule has 3 aromatic carbocycles. The second-order valence-electron chi connectivity index (χ2n) is 9.64. The second-order valence-corrected chi connectivity index (χ2v) is 12.3. The van der Waals surface area contributed by atoms with Crippen LogP contribution in [0.15, 0.2) is 77.7 Å². The van der Waals surface area contributed by atoms with Gasteiger partial charge in [0.1, 0.15) is 12.6 Å². The van der Waals surface area contributed by atoms with Gasteiger partial charge in [-0.25, -0.2) is 8.42 Å². The van der Waals surface area contributed by atoms with Crippen molar-refractivity contribution in [2.45, 2.75) is 63.9 Å². The molecule has 0 bridgehead atoms. The molecule has 1 N–H and O–H groups in total. The zero-order valence-corrected chi connectivity index (χ0v) is 26.0. The summed E-state index contributed by atoms with van der Waals surface area (Å²) < 4.78 is 28.9. The maximum Gasteiger partial charge on any atom is 0.264 e. The Labute approximate surface area is 253 Å². The highest BCUT2D eigenvalue weighted by atomic mass is 35.5. The van der Waals surface area contributed by atoms with Crippen LogP contribution < -0.4 is 9.62 Å². The number of unbranched alkanes of at least 4 members (excludes halogenated alkanes) is 1. The lowest BCUT2D eigenvalue weighted by Crippen LogP contribution is -2.52. The molecule has 1 atom stereocenters. The van der Waals surface area contributed by atoms with E-state index in [-0.39, 0.29) is 17.3 Å². The molecule has 0 radical (unpaired) electrons. The number of amides is 2. The number of hydrogen-bond acceptors (Lipinski definition) is 4. The average molecular weight is 619 g/mol. The smallest absolute Gasteiger partial charge is 0.264 e. The van der Waals surface area contributed by atoms with Crippen LogP contribution in [0.4, 0.5) is 5.69 Å². The Morgan fingerprint density at radius 3 is 2.07 bits per heavy atom. The van der Waals surface area contributed by atoms with Crippen molar-refractivity contribution in [3.8, 4) is 0 Å². The fourth-order valence-electron chi connectivity index (χ4n) is 4.43. The molecule has 0 heterocycles. The van der Waals surface area contributed by atoms with Gasteiger partial charge in [-0.15, -0.1) is 0 Å². The number of benzene rings is 3. The summed E-state index contributed by atoms with van der Waals surface area (Å²) in [6, 6.07) is 19.2. The number of carbonyl (C=O) groups excluding carboxylic acids is 2. The number of aryl methyl sites for hydroxylation is 1. The number of nitrogens with one attached hydrogen (secondary N) is 1. The van der Waals surface area contributed by atoms with Crippen LogP contribution in [0.3, 0.4) is 0 Å². The van der Waals surface area contributed by atoms with Crippen molar-refractivity contribution in [1.29, 1.82) is 0 Å². The van der Waals surface area contributed by atoms with Gasteiger partial charge in [-0.2, -0.15) is 0 Å². The molecular formula is C31H37Cl2N3O4S. The van der Waals surface area contributed by atoms with E-state index in [0.29, 0.717) is 34.3 Å². The first-order valence-electron chi connectivity index (χ1n) is 13.8. The van der Waals surface area contributed by atoms with Gasteiger partial charge in [0.2, 0.25) is 11.8 Å². The Morgan fingerprint density at radius 1 is 0.878 bits per heavy atom. The maximum atomic E-state index is 14.1. The molecule has 0 aliphatic rings. The Kier molecular flexibility index (Phi) is 12.1. The minimum Gasteiger partial charge on any atom is -0.354 e. The van der Waals surface area contributed by atoms with Gasteiger partial charge in [-0.05, 0) is 61.2 Å². The lowest BCUT2D eigenvalue weighted by atomic mass is 10.1. The van der Waals surface area contributed by atoms with Gasteiger partial charge in [0, 0.05) is 28.7 Å². The van der Waals surface area contributed by atoms with E-state index in [1.807, 2.05) is 26.0 Å². The number of hydrogen-bond donors (Lipinski definition) is 1. The fourth-order valence-corrected chi connectivity index (χ4v) is 6.38. The maximum absolute atomic E-state index is 14.1. The van der Waals surface area contributed by atoms with Crippen LogP contribution in [-0.2, 0) is 32.6 Å². The molecule has 41 heavy (non-hydrogen) atoms. The highest BCUT2D eigenvalue weighted by Gasteiger charge is 2.34. The molecule has 0 aliphatic carbocycles. The molecule has 0 spiro atoms. The molecular weight excluding hydrogens is 581 g/mol. The monoisotopic (exact) mass is 617 g/mol. The second kappa shape index (κ2) is 15.2.